The van der Waals surface area contributed by atoms with E-state index in [2.05, 4.69) is 26.1 Å². The van der Waals surface area contributed by atoms with E-state index in [1.165, 1.54) is 23.3 Å². The number of carbonyl (C=O) groups is 1. The second kappa shape index (κ2) is 7.01. The summed E-state index contributed by atoms with van der Waals surface area (Å²) in [6, 6.07) is 6.10. The van der Waals surface area contributed by atoms with Crippen molar-refractivity contribution in [3.63, 3.8) is 0 Å². The lowest BCUT2D eigenvalue weighted by molar-refractivity contribution is 0.0750. The minimum absolute atomic E-state index is 0.0769. The summed E-state index contributed by atoms with van der Waals surface area (Å²) in [5, 5.41) is 9.63. The van der Waals surface area contributed by atoms with Crippen LogP contribution in [-0.4, -0.2) is 56.7 Å². The third kappa shape index (κ3) is 3.07. The Balaban J connectivity index is 1.27. The third-order valence-corrected chi connectivity index (χ3v) is 6.66. The fraction of sp³-hybridized carbons (Fsp3) is 0.400. The van der Waals surface area contributed by atoms with Gasteiger partial charge in [-0.3, -0.25) is 4.79 Å². The van der Waals surface area contributed by atoms with Crippen LogP contribution in [0.2, 0.25) is 0 Å². The Kier molecular flexibility index (Phi) is 4.35. The molecular formula is C20H22N6OS. The SMILES string of the molecule is Cc1nc(-n2cccc2)sc1C(=O)N1CCN(c2cc3c(nn2)CCC3)CC1. The molecule has 0 atom stereocenters. The van der Waals surface area contributed by atoms with Crippen molar-refractivity contribution in [3.05, 3.63) is 52.4 Å². The molecule has 0 saturated carbocycles. The van der Waals surface area contributed by atoms with E-state index < -0.39 is 0 Å². The molecule has 1 saturated heterocycles. The first-order valence-corrected chi connectivity index (χ1v) is 10.5. The zero-order valence-electron chi connectivity index (χ0n) is 15.8. The second-order valence-electron chi connectivity index (χ2n) is 7.31. The van der Waals surface area contributed by atoms with Crippen molar-refractivity contribution in [2.45, 2.75) is 26.2 Å². The molecule has 0 radical (unpaired) electrons. The number of piperazine rings is 1. The molecule has 0 unspecified atom stereocenters. The van der Waals surface area contributed by atoms with Crippen molar-refractivity contribution in [3.8, 4) is 5.13 Å². The Morgan fingerprint density at radius 1 is 1.07 bits per heavy atom. The Morgan fingerprint density at radius 2 is 1.86 bits per heavy atom. The highest BCUT2D eigenvalue weighted by Gasteiger charge is 2.27. The molecule has 5 rings (SSSR count). The highest BCUT2D eigenvalue weighted by molar-refractivity contribution is 7.16. The van der Waals surface area contributed by atoms with Gasteiger partial charge in [0.1, 0.15) is 4.88 Å². The van der Waals surface area contributed by atoms with Crippen LogP contribution < -0.4 is 4.90 Å². The number of hydrogen-bond donors (Lipinski definition) is 0. The van der Waals surface area contributed by atoms with Crippen LogP contribution >= 0.6 is 11.3 Å². The summed E-state index contributed by atoms with van der Waals surface area (Å²) >= 11 is 1.45. The predicted molar refractivity (Wildman–Crippen MR) is 108 cm³/mol. The van der Waals surface area contributed by atoms with Gasteiger partial charge in [0, 0.05) is 38.6 Å². The maximum atomic E-state index is 13.0. The van der Waals surface area contributed by atoms with E-state index in [1.807, 2.05) is 40.9 Å². The number of amides is 1. The van der Waals surface area contributed by atoms with E-state index in [0.717, 1.165) is 53.1 Å². The fourth-order valence-electron chi connectivity index (χ4n) is 3.91. The van der Waals surface area contributed by atoms with Gasteiger partial charge in [-0.15, -0.1) is 5.10 Å². The number of aryl methyl sites for hydroxylation is 3. The van der Waals surface area contributed by atoms with E-state index in [9.17, 15) is 4.79 Å². The smallest absolute Gasteiger partial charge is 0.266 e. The summed E-state index contributed by atoms with van der Waals surface area (Å²) in [5.74, 6) is 1.02. The van der Waals surface area contributed by atoms with E-state index in [-0.39, 0.29) is 5.91 Å². The number of hydrogen-bond acceptors (Lipinski definition) is 6. The van der Waals surface area contributed by atoms with Gasteiger partial charge in [0.05, 0.1) is 11.4 Å². The number of rotatable bonds is 3. The molecule has 3 aromatic rings. The standard InChI is InChI=1S/C20H22N6OS/c1-14-18(28-20(21-14)26-7-2-3-8-26)19(27)25-11-9-24(10-12-25)17-13-15-5-4-6-16(15)22-23-17/h2-3,7-8,13H,4-6,9-12H2,1H3. The minimum Gasteiger partial charge on any atom is -0.352 e. The normalized spacial score (nSPS) is 16.5. The first-order valence-electron chi connectivity index (χ1n) is 9.69. The summed E-state index contributed by atoms with van der Waals surface area (Å²) in [5.41, 5.74) is 3.28. The van der Waals surface area contributed by atoms with Crippen molar-refractivity contribution in [1.29, 1.82) is 0 Å². The van der Waals surface area contributed by atoms with Crippen LogP contribution in [0, 0.1) is 6.92 Å². The molecule has 0 spiro atoms. The van der Waals surface area contributed by atoms with Gasteiger partial charge in [-0.2, -0.15) is 5.10 Å². The minimum atomic E-state index is 0.0769. The zero-order chi connectivity index (χ0) is 19.1. The molecule has 0 aromatic carbocycles. The molecule has 7 nitrogen and oxygen atoms in total. The van der Waals surface area contributed by atoms with E-state index in [0.29, 0.717) is 13.1 Å². The van der Waals surface area contributed by atoms with Crippen molar-refractivity contribution >= 4 is 23.1 Å². The van der Waals surface area contributed by atoms with Crippen molar-refractivity contribution in [2.24, 2.45) is 0 Å². The predicted octanol–water partition coefficient (Wildman–Crippen LogP) is 2.48. The maximum Gasteiger partial charge on any atom is 0.266 e. The summed E-state index contributed by atoms with van der Waals surface area (Å²) in [7, 11) is 0. The van der Waals surface area contributed by atoms with Crippen LogP contribution in [0.25, 0.3) is 5.13 Å². The molecule has 8 heteroatoms. The highest BCUT2D eigenvalue weighted by Crippen LogP contribution is 2.26. The highest BCUT2D eigenvalue weighted by atomic mass is 32.1. The molecule has 3 aromatic heterocycles. The first kappa shape index (κ1) is 17.4. The second-order valence-corrected chi connectivity index (χ2v) is 8.29. The molecule has 1 fully saturated rings. The van der Waals surface area contributed by atoms with Gasteiger partial charge in [0.15, 0.2) is 10.9 Å². The molecule has 4 heterocycles. The summed E-state index contributed by atoms with van der Waals surface area (Å²) < 4.78 is 1.94. The Morgan fingerprint density at radius 3 is 2.64 bits per heavy atom. The van der Waals surface area contributed by atoms with Crippen molar-refractivity contribution < 1.29 is 4.79 Å². The van der Waals surface area contributed by atoms with Gasteiger partial charge in [0.25, 0.3) is 5.91 Å². The summed E-state index contributed by atoms with van der Waals surface area (Å²) in [6.07, 6.45) is 7.22. The average Bonchev–Trinajstić information content (AvgIpc) is 3.47. The lowest BCUT2D eigenvalue weighted by Gasteiger charge is -2.35. The van der Waals surface area contributed by atoms with Crippen LogP contribution in [0.1, 0.15) is 33.0 Å². The zero-order valence-corrected chi connectivity index (χ0v) is 16.7. The van der Waals surface area contributed by atoms with E-state index in [4.69, 9.17) is 0 Å². The number of fused-ring (bicyclic) bond motifs is 1. The number of carbonyl (C=O) groups excluding carboxylic acids is 1. The van der Waals surface area contributed by atoms with Crippen LogP contribution in [-0.2, 0) is 12.8 Å². The van der Waals surface area contributed by atoms with Gasteiger partial charge >= 0.3 is 0 Å². The lowest BCUT2D eigenvalue weighted by atomic mass is 10.2. The van der Waals surface area contributed by atoms with E-state index in [1.54, 1.807) is 0 Å². The quantitative estimate of drug-likeness (QED) is 0.683. The molecular weight excluding hydrogens is 372 g/mol. The molecule has 1 aliphatic heterocycles. The van der Waals surface area contributed by atoms with Gasteiger partial charge in [-0.05, 0) is 49.9 Å². The molecule has 1 amide bonds. The lowest BCUT2D eigenvalue weighted by Crippen LogP contribution is -2.49. The number of aromatic nitrogens is 4. The van der Waals surface area contributed by atoms with Crippen molar-refractivity contribution in [2.75, 3.05) is 31.1 Å². The third-order valence-electron chi connectivity index (χ3n) is 5.50. The van der Waals surface area contributed by atoms with Crippen LogP contribution in [0.3, 0.4) is 0 Å². The van der Waals surface area contributed by atoms with Crippen LogP contribution in [0.15, 0.2) is 30.6 Å². The summed E-state index contributed by atoms with van der Waals surface area (Å²) in [6.45, 7) is 4.84. The van der Waals surface area contributed by atoms with Gasteiger partial charge in [-0.25, -0.2) is 4.98 Å². The van der Waals surface area contributed by atoms with E-state index >= 15 is 0 Å². The fourth-order valence-corrected chi connectivity index (χ4v) is 4.91. The Hall–Kier alpha value is -2.74. The van der Waals surface area contributed by atoms with Gasteiger partial charge < -0.3 is 14.4 Å². The summed E-state index contributed by atoms with van der Waals surface area (Å²) in [4.78, 5) is 22.5. The van der Waals surface area contributed by atoms with Gasteiger partial charge in [-0.1, -0.05) is 11.3 Å². The first-order chi connectivity index (χ1) is 13.7. The average molecular weight is 395 g/mol. The number of thiazole rings is 1. The molecule has 2 aliphatic rings. The topological polar surface area (TPSA) is 67.2 Å². The number of nitrogens with zero attached hydrogens (tertiary/aromatic N) is 6. The molecule has 1 aliphatic carbocycles. The van der Waals surface area contributed by atoms with Crippen LogP contribution in [0.4, 0.5) is 5.82 Å². The van der Waals surface area contributed by atoms with Gasteiger partial charge in [0.2, 0.25) is 0 Å². The molecule has 28 heavy (non-hydrogen) atoms. The molecule has 0 bridgehead atoms. The largest absolute Gasteiger partial charge is 0.352 e. The number of anilines is 1. The molecule has 0 N–H and O–H groups in total. The Bertz CT molecular complexity index is 1000. The Labute approximate surface area is 167 Å². The van der Waals surface area contributed by atoms with Crippen molar-refractivity contribution in [1.82, 2.24) is 24.6 Å². The van der Waals surface area contributed by atoms with Crippen LogP contribution in [0.5, 0.6) is 0 Å². The molecule has 144 valence electrons. The maximum absolute atomic E-state index is 13.0. The monoisotopic (exact) mass is 394 g/mol.